The van der Waals surface area contributed by atoms with Gasteiger partial charge in [0.2, 0.25) is 5.91 Å². The Morgan fingerprint density at radius 2 is 1.62 bits per heavy atom. The molecule has 0 spiro atoms. The van der Waals surface area contributed by atoms with Crippen LogP contribution < -0.4 is 10.1 Å². The summed E-state index contributed by atoms with van der Waals surface area (Å²) in [5.74, 6) is 0.935. The number of halogens is 2. The summed E-state index contributed by atoms with van der Waals surface area (Å²) in [5, 5.41) is 3.54. The molecule has 4 aromatic carbocycles. The molecular weight excluding hydrogens is 469 g/mol. The van der Waals surface area contributed by atoms with Gasteiger partial charge in [-0.15, -0.1) is 11.8 Å². The van der Waals surface area contributed by atoms with Gasteiger partial charge in [-0.25, -0.2) is 4.39 Å². The van der Waals surface area contributed by atoms with Crippen LogP contribution in [0.15, 0.2) is 102 Å². The Balaban J connectivity index is 1.49. The molecule has 0 bridgehead atoms. The van der Waals surface area contributed by atoms with Crippen LogP contribution in [0.2, 0.25) is 5.02 Å². The largest absolute Gasteiger partial charge is 0.489 e. The molecule has 4 rings (SSSR count). The molecule has 0 aromatic heterocycles. The van der Waals surface area contributed by atoms with Gasteiger partial charge in [0.25, 0.3) is 0 Å². The lowest BCUT2D eigenvalue weighted by molar-refractivity contribution is -0.115. The smallest absolute Gasteiger partial charge is 0.228 e. The predicted molar refractivity (Wildman–Crippen MR) is 137 cm³/mol. The average molecular weight is 492 g/mol. The molecule has 3 nitrogen and oxygen atoms in total. The Kier molecular flexibility index (Phi) is 8.23. The van der Waals surface area contributed by atoms with Crippen LogP contribution in [0.25, 0.3) is 0 Å². The fraction of sp³-hybridized carbons (Fsp3) is 0.107. The van der Waals surface area contributed by atoms with Gasteiger partial charge in [0.1, 0.15) is 18.2 Å². The molecule has 0 unspecified atom stereocenters. The van der Waals surface area contributed by atoms with E-state index in [1.807, 2.05) is 54.6 Å². The van der Waals surface area contributed by atoms with Gasteiger partial charge in [-0.1, -0.05) is 66.2 Å². The maximum Gasteiger partial charge on any atom is 0.228 e. The van der Waals surface area contributed by atoms with Crippen LogP contribution in [0.4, 0.5) is 10.1 Å². The topological polar surface area (TPSA) is 38.3 Å². The van der Waals surface area contributed by atoms with Crippen molar-refractivity contribution in [2.75, 3.05) is 5.32 Å². The minimum atomic E-state index is -0.302. The molecule has 0 radical (unpaired) electrons. The second kappa shape index (κ2) is 11.7. The van der Waals surface area contributed by atoms with Crippen molar-refractivity contribution in [3.05, 3.63) is 125 Å². The van der Waals surface area contributed by atoms with Gasteiger partial charge in [0.05, 0.1) is 6.42 Å². The van der Waals surface area contributed by atoms with Crippen molar-refractivity contribution in [2.45, 2.75) is 23.7 Å². The van der Waals surface area contributed by atoms with E-state index >= 15 is 0 Å². The molecular formula is C28H23ClFNO2S. The second-order valence-corrected chi connectivity index (χ2v) is 9.08. The number of benzene rings is 4. The highest BCUT2D eigenvalue weighted by molar-refractivity contribution is 7.98. The van der Waals surface area contributed by atoms with E-state index in [4.69, 9.17) is 16.3 Å². The number of carbonyl (C=O) groups is 1. The Bertz CT molecular complexity index is 1250. The van der Waals surface area contributed by atoms with Gasteiger partial charge in [-0.05, 0) is 53.6 Å². The van der Waals surface area contributed by atoms with E-state index in [1.165, 1.54) is 17.7 Å². The Labute approximate surface area is 207 Å². The molecule has 172 valence electrons. The highest BCUT2D eigenvalue weighted by atomic mass is 35.5. The third-order valence-corrected chi connectivity index (χ3v) is 6.64. The minimum Gasteiger partial charge on any atom is -0.489 e. The van der Waals surface area contributed by atoms with Crippen LogP contribution in [0.1, 0.15) is 16.7 Å². The maximum absolute atomic E-state index is 13.2. The van der Waals surface area contributed by atoms with Crippen molar-refractivity contribution in [3.8, 4) is 5.75 Å². The summed E-state index contributed by atoms with van der Waals surface area (Å²) >= 11 is 7.87. The third-order valence-electron chi connectivity index (χ3n) is 5.10. The van der Waals surface area contributed by atoms with Crippen molar-refractivity contribution in [2.24, 2.45) is 0 Å². The van der Waals surface area contributed by atoms with Gasteiger partial charge >= 0.3 is 0 Å². The standard InChI is InChI=1S/C28H23ClFNO2S/c29-26-9-5-4-8-21(26)16-28(32)31-24-13-10-22(18-33-25-14-11-23(30)12-15-25)27(17-24)34-19-20-6-2-1-3-7-20/h1-15,17H,16,18-19H2,(H,31,32). The minimum absolute atomic E-state index is 0.137. The SMILES string of the molecule is O=C(Cc1ccccc1Cl)Nc1ccc(COc2ccc(F)cc2)c(SCc2ccccc2)c1. The van der Waals surface area contributed by atoms with E-state index in [-0.39, 0.29) is 18.1 Å². The van der Waals surface area contributed by atoms with Gasteiger partial charge in [0, 0.05) is 26.9 Å². The number of carbonyl (C=O) groups excluding carboxylic acids is 1. The van der Waals surface area contributed by atoms with Crippen molar-refractivity contribution < 1.29 is 13.9 Å². The lowest BCUT2D eigenvalue weighted by Crippen LogP contribution is -2.14. The lowest BCUT2D eigenvalue weighted by atomic mass is 10.1. The zero-order valence-corrected chi connectivity index (χ0v) is 19.9. The van der Waals surface area contributed by atoms with E-state index in [9.17, 15) is 9.18 Å². The van der Waals surface area contributed by atoms with E-state index in [2.05, 4.69) is 17.4 Å². The number of hydrogen-bond donors (Lipinski definition) is 1. The number of thioether (sulfide) groups is 1. The molecule has 1 amide bonds. The zero-order chi connectivity index (χ0) is 23.8. The first-order chi connectivity index (χ1) is 16.6. The molecule has 4 aromatic rings. The zero-order valence-electron chi connectivity index (χ0n) is 18.3. The van der Waals surface area contributed by atoms with Gasteiger partial charge < -0.3 is 10.1 Å². The van der Waals surface area contributed by atoms with Crippen LogP contribution in [-0.2, 0) is 23.6 Å². The molecule has 0 aliphatic carbocycles. The monoisotopic (exact) mass is 491 g/mol. The van der Waals surface area contributed by atoms with E-state index in [0.29, 0.717) is 23.1 Å². The third kappa shape index (κ3) is 6.86. The first-order valence-electron chi connectivity index (χ1n) is 10.8. The number of nitrogens with one attached hydrogen (secondary N) is 1. The predicted octanol–water partition coefficient (Wildman–Crippen LogP) is 7.53. The summed E-state index contributed by atoms with van der Waals surface area (Å²) in [6.07, 6.45) is 0.196. The van der Waals surface area contributed by atoms with Crippen LogP contribution in [0, 0.1) is 5.82 Å². The van der Waals surface area contributed by atoms with Crippen molar-refractivity contribution in [1.82, 2.24) is 0 Å². The summed E-state index contributed by atoms with van der Waals surface area (Å²) in [5.41, 5.74) is 3.67. The maximum atomic E-state index is 13.2. The molecule has 0 atom stereocenters. The molecule has 1 N–H and O–H groups in total. The number of hydrogen-bond acceptors (Lipinski definition) is 3. The van der Waals surface area contributed by atoms with Crippen LogP contribution in [-0.4, -0.2) is 5.91 Å². The molecule has 0 aliphatic rings. The van der Waals surface area contributed by atoms with E-state index in [1.54, 1.807) is 30.0 Å². The van der Waals surface area contributed by atoms with Gasteiger partial charge in [-0.2, -0.15) is 0 Å². The Hall–Kier alpha value is -3.28. The van der Waals surface area contributed by atoms with Crippen LogP contribution in [0.5, 0.6) is 5.75 Å². The first-order valence-corrected chi connectivity index (χ1v) is 12.1. The second-order valence-electron chi connectivity index (χ2n) is 7.66. The molecule has 6 heteroatoms. The number of ether oxygens (including phenoxy) is 1. The van der Waals surface area contributed by atoms with Crippen LogP contribution >= 0.6 is 23.4 Å². The van der Waals surface area contributed by atoms with Crippen molar-refractivity contribution in [3.63, 3.8) is 0 Å². The molecule has 0 fully saturated rings. The normalized spacial score (nSPS) is 10.6. The summed E-state index contributed by atoms with van der Waals surface area (Å²) in [6, 6.07) is 29.2. The number of amides is 1. The molecule has 0 heterocycles. The van der Waals surface area contributed by atoms with Gasteiger partial charge in [-0.3, -0.25) is 4.79 Å². The molecule has 0 saturated heterocycles. The quantitative estimate of drug-likeness (QED) is 0.246. The lowest BCUT2D eigenvalue weighted by Gasteiger charge is -2.14. The average Bonchev–Trinajstić information content (AvgIpc) is 2.85. The summed E-state index contributed by atoms with van der Waals surface area (Å²) < 4.78 is 19.1. The fourth-order valence-corrected chi connectivity index (χ4v) is 4.57. The highest BCUT2D eigenvalue weighted by Crippen LogP contribution is 2.30. The van der Waals surface area contributed by atoms with E-state index in [0.717, 1.165) is 21.8 Å². The van der Waals surface area contributed by atoms with Crippen molar-refractivity contribution in [1.29, 1.82) is 0 Å². The summed E-state index contributed by atoms with van der Waals surface area (Å²) in [6.45, 7) is 0.330. The summed E-state index contributed by atoms with van der Waals surface area (Å²) in [7, 11) is 0. The number of rotatable bonds is 9. The van der Waals surface area contributed by atoms with E-state index < -0.39 is 0 Å². The number of anilines is 1. The molecule has 0 aliphatic heterocycles. The van der Waals surface area contributed by atoms with Crippen LogP contribution in [0.3, 0.4) is 0 Å². The van der Waals surface area contributed by atoms with Gasteiger partial charge in [0.15, 0.2) is 0 Å². The Morgan fingerprint density at radius 1 is 0.882 bits per heavy atom. The highest BCUT2D eigenvalue weighted by Gasteiger charge is 2.11. The van der Waals surface area contributed by atoms with Crippen molar-refractivity contribution >= 4 is 35.0 Å². The molecule has 34 heavy (non-hydrogen) atoms. The Morgan fingerprint density at radius 3 is 2.38 bits per heavy atom. The molecule has 0 saturated carbocycles. The summed E-state index contributed by atoms with van der Waals surface area (Å²) in [4.78, 5) is 13.6. The first kappa shape index (κ1) is 23.9. The fourth-order valence-electron chi connectivity index (χ4n) is 3.33.